The van der Waals surface area contributed by atoms with Crippen molar-refractivity contribution in [1.29, 1.82) is 0 Å². The van der Waals surface area contributed by atoms with Gasteiger partial charge in [0.25, 0.3) is 0 Å². The van der Waals surface area contributed by atoms with Gasteiger partial charge in [0.1, 0.15) is 5.37 Å². The SMILES string of the molecule is CC1SC(c2ccc(C(F)(F)F)cc2)N(CCN2CCNCC2)C1=O. The quantitative estimate of drug-likeness (QED) is 0.880. The maximum Gasteiger partial charge on any atom is 0.416 e. The maximum atomic E-state index is 12.7. The van der Waals surface area contributed by atoms with Gasteiger partial charge in [-0.3, -0.25) is 9.69 Å². The highest BCUT2D eigenvalue weighted by molar-refractivity contribution is 8.01. The van der Waals surface area contributed by atoms with Gasteiger partial charge in [0.2, 0.25) is 5.91 Å². The fourth-order valence-corrected chi connectivity index (χ4v) is 4.49. The van der Waals surface area contributed by atoms with Gasteiger partial charge in [0.05, 0.1) is 10.8 Å². The molecule has 2 heterocycles. The van der Waals surface area contributed by atoms with E-state index in [1.807, 2.05) is 6.92 Å². The Hall–Kier alpha value is -1.25. The molecule has 2 aliphatic heterocycles. The van der Waals surface area contributed by atoms with E-state index in [0.717, 1.165) is 50.4 Å². The van der Waals surface area contributed by atoms with Crippen molar-refractivity contribution in [2.75, 3.05) is 39.3 Å². The Morgan fingerprint density at radius 3 is 2.40 bits per heavy atom. The zero-order valence-electron chi connectivity index (χ0n) is 14.1. The van der Waals surface area contributed by atoms with Crippen LogP contribution in [-0.2, 0) is 11.0 Å². The van der Waals surface area contributed by atoms with Crippen LogP contribution in [0, 0.1) is 0 Å². The predicted octanol–water partition coefficient (Wildman–Crippen LogP) is 2.57. The van der Waals surface area contributed by atoms with Crippen LogP contribution in [0.2, 0.25) is 0 Å². The van der Waals surface area contributed by atoms with Crippen molar-refractivity contribution >= 4 is 17.7 Å². The first-order valence-electron chi connectivity index (χ1n) is 8.42. The number of alkyl halides is 3. The van der Waals surface area contributed by atoms with E-state index in [1.165, 1.54) is 23.9 Å². The number of thioether (sulfide) groups is 1. The summed E-state index contributed by atoms with van der Waals surface area (Å²) in [5, 5.41) is 2.91. The molecule has 0 spiro atoms. The third-order valence-electron chi connectivity index (χ3n) is 4.64. The van der Waals surface area contributed by atoms with Crippen molar-refractivity contribution in [3.8, 4) is 0 Å². The molecule has 25 heavy (non-hydrogen) atoms. The molecule has 0 aromatic heterocycles. The second-order valence-corrected chi connectivity index (χ2v) is 7.80. The molecule has 2 unspecified atom stereocenters. The monoisotopic (exact) mass is 373 g/mol. The van der Waals surface area contributed by atoms with Gasteiger partial charge in [0.15, 0.2) is 0 Å². The molecule has 1 aromatic rings. The number of rotatable bonds is 4. The number of carbonyl (C=O) groups excluding carboxylic acids is 1. The van der Waals surface area contributed by atoms with Crippen molar-refractivity contribution in [2.45, 2.75) is 23.7 Å². The molecule has 4 nitrogen and oxygen atoms in total. The van der Waals surface area contributed by atoms with Gasteiger partial charge in [-0.25, -0.2) is 0 Å². The van der Waals surface area contributed by atoms with Crippen LogP contribution in [0.3, 0.4) is 0 Å². The minimum Gasteiger partial charge on any atom is -0.324 e. The van der Waals surface area contributed by atoms with Crippen molar-refractivity contribution < 1.29 is 18.0 Å². The lowest BCUT2D eigenvalue weighted by atomic mass is 10.1. The molecule has 8 heteroatoms. The Morgan fingerprint density at radius 2 is 1.80 bits per heavy atom. The van der Waals surface area contributed by atoms with Crippen LogP contribution in [0.4, 0.5) is 13.2 Å². The number of hydrogen-bond donors (Lipinski definition) is 1. The highest BCUT2D eigenvalue weighted by atomic mass is 32.2. The van der Waals surface area contributed by atoms with Crippen molar-refractivity contribution in [1.82, 2.24) is 15.1 Å². The highest BCUT2D eigenvalue weighted by Crippen LogP contribution is 2.43. The van der Waals surface area contributed by atoms with E-state index >= 15 is 0 Å². The average Bonchev–Trinajstić information content (AvgIpc) is 2.88. The van der Waals surface area contributed by atoms with E-state index in [1.54, 1.807) is 4.90 Å². The van der Waals surface area contributed by atoms with Gasteiger partial charge in [-0.05, 0) is 24.6 Å². The molecule has 2 aliphatic rings. The second-order valence-electron chi connectivity index (χ2n) is 6.37. The first-order chi connectivity index (χ1) is 11.9. The molecular weight excluding hydrogens is 351 g/mol. The zero-order chi connectivity index (χ0) is 18.0. The van der Waals surface area contributed by atoms with Gasteiger partial charge in [0, 0.05) is 39.3 Å². The van der Waals surface area contributed by atoms with Crippen molar-refractivity contribution in [2.24, 2.45) is 0 Å². The van der Waals surface area contributed by atoms with Crippen molar-refractivity contribution in [3.05, 3.63) is 35.4 Å². The molecule has 138 valence electrons. The summed E-state index contributed by atoms with van der Waals surface area (Å²) in [5.41, 5.74) is 0.0852. The van der Waals surface area contributed by atoms with Gasteiger partial charge < -0.3 is 10.2 Å². The van der Waals surface area contributed by atoms with Crippen LogP contribution in [0.1, 0.15) is 23.4 Å². The van der Waals surface area contributed by atoms with Crippen LogP contribution in [0.5, 0.6) is 0 Å². The van der Waals surface area contributed by atoms with Gasteiger partial charge in [-0.15, -0.1) is 11.8 Å². The summed E-state index contributed by atoms with van der Waals surface area (Å²) < 4.78 is 38.2. The Bertz CT molecular complexity index is 602. The normalized spacial score (nSPS) is 25.6. The lowest BCUT2D eigenvalue weighted by Gasteiger charge is -2.31. The van der Waals surface area contributed by atoms with Crippen LogP contribution < -0.4 is 5.32 Å². The van der Waals surface area contributed by atoms with E-state index in [2.05, 4.69) is 10.2 Å². The van der Waals surface area contributed by atoms with E-state index in [0.29, 0.717) is 6.54 Å². The zero-order valence-corrected chi connectivity index (χ0v) is 14.9. The molecule has 0 aliphatic carbocycles. The predicted molar refractivity (Wildman–Crippen MR) is 92.3 cm³/mol. The number of nitrogens with one attached hydrogen (secondary N) is 1. The Morgan fingerprint density at radius 1 is 1.16 bits per heavy atom. The topological polar surface area (TPSA) is 35.6 Å². The summed E-state index contributed by atoms with van der Waals surface area (Å²) >= 11 is 1.50. The molecule has 0 saturated carbocycles. The number of nitrogens with zero attached hydrogens (tertiary/aromatic N) is 2. The van der Waals surface area contributed by atoms with Gasteiger partial charge in [-0.2, -0.15) is 13.2 Å². The number of hydrogen-bond acceptors (Lipinski definition) is 4. The summed E-state index contributed by atoms with van der Waals surface area (Å²) in [5.74, 6) is 0.0602. The molecule has 2 fully saturated rings. The molecule has 0 radical (unpaired) electrons. The number of benzene rings is 1. The first kappa shape index (κ1) is 18.5. The lowest BCUT2D eigenvalue weighted by Crippen LogP contribution is -2.46. The minimum absolute atomic E-state index is 0.0602. The lowest BCUT2D eigenvalue weighted by molar-refractivity contribution is -0.137. The Labute approximate surface area is 149 Å². The third-order valence-corrected chi connectivity index (χ3v) is 6.03. The van der Waals surface area contributed by atoms with Crippen molar-refractivity contribution in [3.63, 3.8) is 0 Å². The highest BCUT2D eigenvalue weighted by Gasteiger charge is 2.39. The molecule has 3 rings (SSSR count). The van der Waals surface area contributed by atoms with Gasteiger partial charge in [-0.1, -0.05) is 12.1 Å². The Kier molecular flexibility index (Phi) is 5.60. The molecule has 2 atom stereocenters. The summed E-state index contributed by atoms with van der Waals surface area (Å²) in [7, 11) is 0. The van der Waals surface area contributed by atoms with Crippen LogP contribution in [-0.4, -0.2) is 60.2 Å². The number of amides is 1. The third kappa shape index (κ3) is 4.30. The van der Waals surface area contributed by atoms with E-state index in [9.17, 15) is 18.0 Å². The number of piperazine rings is 1. The molecule has 0 bridgehead atoms. The van der Waals surface area contributed by atoms with Crippen LogP contribution >= 0.6 is 11.8 Å². The summed E-state index contributed by atoms with van der Waals surface area (Å²) in [6.45, 7) is 7.04. The first-order valence-corrected chi connectivity index (χ1v) is 9.37. The fraction of sp³-hybridized carbons (Fsp3) is 0.588. The molecule has 1 N–H and O–H groups in total. The fourth-order valence-electron chi connectivity index (χ4n) is 3.18. The molecular formula is C17H22F3N3OS. The second kappa shape index (κ2) is 7.55. The van der Waals surface area contributed by atoms with E-state index in [4.69, 9.17) is 0 Å². The molecule has 2 saturated heterocycles. The smallest absolute Gasteiger partial charge is 0.324 e. The summed E-state index contributed by atoms with van der Waals surface area (Å²) in [6, 6.07) is 5.17. The van der Waals surface area contributed by atoms with Crippen LogP contribution in [0.15, 0.2) is 24.3 Å². The standard InChI is InChI=1S/C17H22F3N3OS/c1-12-15(24)23(11-10-22-8-6-21-7-9-22)16(25-12)13-2-4-14(5-3-13)17(18,19)20/h2-5,12,16,21H,6-11H2,1H3. The minimum atomic E-state index is -4.34. The van der Waals surface area contributed by atoms with E-state index < -0.39 is 11.7 Å². The largest absolute Gasteiger partial charge is 0.416 e. The molecule has 1 aromatic carbocycles. The number of halogens is 3. The molecule has 1 amide bonds. The summed E-state index contributed by atoms with van der Waals surface area (Å²) in [4.78, 5) is 16.6. The summed E-state index contributed by atoms with van der Waals surface area (Å²) in [6.07, 6.45) is -4.34. The van der Waals surface area contributed by atoms with Crippen LogP contribution in [0.25, 0.3) is 0 Å². The van der Waals surface area contributed by atoms with E-state index in [-0.39, 0.29) is 16.5 Å². The maximum absolute atomic E-state index is 12.7. The van der Waals surface area contributed by atoms with Gasteiger partial charge >= 0.3 is 6.18 Å². The average molecular weight is 373 g/mol. The Balaban J connectivity index is 1.70. The number of carbonyl (C=O) groups is 1.